The molecule has 0 saturated carbocycles. The number of aliphatic hydroxyl groups excluding tert-OH is 1. The van der Waals surface area contributed by atoms with Gasteiger partial charge in [0.25, 0.3) is 0 Å². The largest absolute Gasteiger partial charge is 0.389 e. The number of hydrogen-bond acceptors (Lipinski definition) is 3. The minimum absolute atomic E-state index is 0.438. The Morgan fingerprint density at radius 1 is 1.38 bits per heavy atom. The maximum Gasteiger partial charge on any atom is 0.128 e. The monoisotopic (exact) mass is 222 g/mol. The third-order valence-corrected chi connectivity index (χ3v) is 2.74. The molecule has 0 unspecified atom stereocenters. The predicted octanol–water partition coefficient (Wildman–Crippen LogP) is 2.76. The number of unbranched alkanes of at least 4 members (excludes halogenated alkanes) is 2. The molecule has 0 spiro atoms. The molecule has 0 saturated heterocycles. The zero-order valence-electron chi connectivity index (χ0n) is 10.5. The minimum atomic E-state index is -0.438. The summed E-state index contributed by atoms with van der Waals surface area (Å²) in [5.41, 5.74) is 0.866. The Morgan fingerprint density at radius 3 is 2.62 bits per heavy atom. The van der Waals surface area contributed by atoms with E-state index >= 15 is 0 Å². The van der Waals surface area contributed by atoms with Crippen molar-refractivity contribution >= 4 is 5.82 Å². The summed E-state index contributed by atoms with van der Waals surface area (Å²) in [6, 6.07) is 3.90. The van der Waals surface area contributed by atoms with E-state index < -0.39 is 6.10 Å². The van der Waals surface area contributed by atoms with E-state index in [0.717, 1.165) is 17.9 Å². The van der Waals surface area contributed by atoms with Gasteiger partial charge in [-0.2, -0.15) is 0 Å². The number of aliphatic hydroxyl groups is 1. The third-order valence-electron chi connectivity index (χ3n) is 2.74. The molecular weight excluding hydrogens is 200 g/mol. The molecule has 0 aliphatic rings. The van der Waals surface area contributed by atoms with Gasteiger partial charge in [-0.05, 0) is 25.0 Å². The highest BCUT2D eigenvalue weighted by atomic mass is 16.3. The van der Waals surface area contributed by atoms with Crippen LogP contribution in [0.1, 0.15) is 44.8 Å². The second-order valence-corrected chi connectivity index (χ2v) is 4.25. The van der Waals surface area contributed by atoms with Gasteiger partial charge in [0.05, 0.1) is 6.10 Å². The van der Waals surface area contributed by atoms with Gasteiger partial charge in [-0.25, -0.2) is 4.98 Å². The van der Waals surface area contributed by atoms with E-state index in [1.165, 1.54) is 19.3 Å². The van der Waals surface area contributed by atoms with Crippen molar-refractivity contribution in [3.63, 3.8) is 0 Å². The van der Waals surface area contributed by atoms with E-state index in [1.807, 2.05) is 12.1 Å². The van der Waals surface area contributed by atoms with E-state index in [2.05, 4.69) is 23.9 Å². The summed E-state index contributed by atoms with van der Waals surface area (Å²) >= 11 is 0. The van der Waals surface area contributed by atoms with Crippen LogP contribution in [-0.4, -0.2) is 23.7 Å². The molecule has 0 aliphatic heterocycles. The van der Waals surface area contributed by atoms with Gasteiger partial charge in [-0.1, -0.05) is 25.8 Å². The predicted molar refractivity (Wildman–Crippen MR) is 67.7 cm³/mol. The second-order valence-electron chi connectivity index (χ2n) is 4.25. The fourth-order valence-electron chi connectivity index (χ4n) is 1.58. The van der Waals surface area contributed by atoms with Crippen molar-refractivity contribution in [2.75, 3.05) is 18.5 Å². The van der Waals surface area contributed by atoms with Crippen LogP contribution in [0.3, 0.4) is 0 Å². The summed E-state index contributed by atoms with van der Waals surface area (Å²) in [4.78, 5) is 6.50. The summed E-state index contributed by atoms with van der Waals surface area (Å²) < 4.78 is 0. The van der Waals surface area contributed by atoms with Gasteiger partial charge in [-0.15, -0.1) is 0 Å². The number of pyridine rings is 1. The Balaban J connectivity index is 2.52. The van der Waals surface area contributed by atoms with E-state index in [0.29, 0.717) is 0 Å². The first kappa shape index (κ1) is 13.0. The average Bonchev–Trinajstić information content (AvgIpc) is 2.29. The van der Waals surface area contributed by atoms with Gasteiger partial charge >= 0.3 is 0 Å². The topological polar surface area (TPSA) is 36.4 Å². The van der Waals surface area contributed by atoms with Crippen molar-refractivity contribution in [3.8, 4) is 0 Å². The Hall–Kier alpha value is -1.09. The van der Waals surface area contributed by atoms with Crippen LogP contribution in [0.5, 0.6) is 0 Å². The van der Waals surface area contributed by atoms with Crippen LogP contribution in [0.2, 0.25) is 0 Å². The molecule has 0 amide bonds. The molecule has 90 valence electrons. The lowest BCUT2D eigenvalue weighted by Gasteiger charge is -2.18. The number of aromatic nitrogens is 1. The van der Waals surface area contributed by atoms with Crippen LogP contribution < -0.4 is 4.90 Å². The SMILES string of the molecule is CCCCCN(C)c1ccc([C@H](C)O)cn1. The van der Waals surface area contributed by atoms with Crippen molar-refractivity contribution in [2.45, 2.75) is 39.2 Å². The van der Waals surface area contributed by atoms with Crippen LogP contribution in [0, 0.1) is 0 Å². The Morgan fingerprint density at radius 2 is 2.12 bits per heavy atom. The molecular formula is C13H22N2O. The highest BCUT2D eigenvalue weighted by Crippen LogP contribution is 2.15. The van der Waals surface area contributed by atoms with Crippen LogP contribution >= 0.6 is 0 Å². The molecule has 1 aromatic heterocycles. The van der Waals surface area contributed by atoms with Gasteiger partial charge in [0.1, 0.15) is 5.82 Å². The highest BCUT2D eigenvalue weighted by Gasteiger charge is 2.04. The van der Waals surface area contributed by atoms with E-state index in [9.17, 15) is 5.11 Å². The van der Waals surface area contributed by atoms with Gasteiger partial charge in [0.2, 0.25) is 0 Å². The first-order chi connectivity index (χ1) is 7.65. The van der Waals surface area contributed by atoms with Crippen LogP contribution in [0.15, 0.2) is 18.3 Å². The molecule has 0 aromatic carbocycles. The molecule has 1 atom stereocenters. The van der Waals surface area contributed by atoms with E-state index in [1.54, 1.807) is 13.1 Å². The number of rotatable bonds is 6. The number of nitrogens with zero attached hydrogens (tertiary/aromatic N) is 2. The molecule has 1 heterocycles. The van der Waals surface area contributed by atoms with Crippen LogP contribution in [0.4, 0.5) is 5.82 Å². The van der Waals surface area contributed by atoms with Crippen molar-refractivity contribution in [1.29, 1.82) is 0 Å². The van der Waals surface area contributed by atoms with Crippen molar-refractivity contribution < 1.29 is 5.11 Å². The molecule has 1 rings (SSSR count). The Bertz CT molecular complexity index is 295. The zero-order chi connectivity index (χ0) is 12.0. The standard InChI is InChI=1S/C13H22N2O/c1-4-5-6-9-15(3)13-8-7-12(10-14-13)11(2)16/h7-8,10-11,16H,4-6,9H2,1-3H3/t11-/m0/s1. The molecule has 0 aliphatic carbocycles. The van der Waals surface area contributed by atoms with Gasteiger partial charge in [0.15, 0.2) is 0 Å². The maximum absolute atomic E-state index is 9.37. The highest BCUT2D eigenvalue weighted by molar-refractivity contribution is 5.38. The number of anilines is 1. The molecule has 16 heavy (non-hydrogen) atoms. The molecule has 0 radical (unpaired) electrons. The zero-order valence-corrected chi connectivity index (χ0v) is 10.5. The normalized spacial score (nSPS) is 12.5. The molecule has 1 aromatic rings. The fraction of sp³-hybridized carbons (Fsp3) is 0.615. The lowest BCUT2D eigenvalue weighted by atomic mass is 10.2. The molecule has 3 heteroatoms. The summed E-state index contributed by atoms with van der Waals surface area (Å²) in [6.07, 6.45) is 5.01. The Labute approximate surface area is 98.1 Å². The lowest BCUT2D eigenvalue weighted by molar-refractivity contribution is 0.199. The van der Waals surface area contributed by atoms with Gasteiger partial charge in [0, 0.05) is 19.8 Å². The lowest BCUT2D eigenvalue weighted by Crippen LogP contribution is -2.19. The smallest absolute Gasteiger partial charge is 0.128 e. The van der Waals surface area contributed by atoms with Gasteiger partial charge < -0.3 is 10.0 Å². The van der Waals surface area contributed by atoms with Crippen LogP contribution in [0.25, 0.3) is 0 Å². The second kappa shape index (κ2) is 6.48. The Kier molecular flexibility index (Phi) is 5.26. The molecule has 0 fully saturated rings. The summed E-state index contributed by atoms with van der Waals surface area (Å²) in [5.74, 6) is 0.973. The summed E-state index contributed by atoms with van der Waals surface area (Å²) in [5, 5.41) is 9.37. The van der Waals surface area contributed by atoms with Crippen molar-refractivity contribution in [3.05, 3.63) is 23.9 Å². The fourth-order valence-corrected chi connectivity index (χ4v) is 1.58. The molecule has 1 N–H and O–H groups in total. The first-order valence-electron chi connectivity index (χ1n) is 6.00. The summed E-state index contributed by atoms with van der Waals surface area (Å²) in [6.45, 7) is 4.99. The third kappa shape index (κ3) is 3.81. The average molecular weight is 222 g/mol. The number of hydrogen-bond donors (Lipinski definition) is 1. The van der Waals surface area contributed by atoms with Gasteiger partial charge in [-0.3, -0.25) is 0 Å². The summed E-state index contributed by atoms with van der Waals surface area (Å²) in [7, 11) is 2.06. The van der Waals surface area contributed by atoms with Crippen molar-refractivity contribution in [1.82, 2.24) is 4.98 Å². The molecule has 0 bridgehead atoms. The van der Waals surface area contributed by atoms with Crippen LogP contribution in [-0.2, 0) is 0 Å². The maximum atomic E-state index is 9.37. The first-order valence-corrected chi connectivity index (χ1v) is 6.00. The quantitative estimate of drug-likeness (QED) is 0.752. The van der Waals surface area contributed by atoms with Crippen molar-refractivity contribution in [2.24, 2.45) is 0 Å². The van der Waals surface area contributed by atoms with E-state index in [4.69, 9.17) is 0 Å². The minimum Gasteiger partial charge on any atom is -0.389 e. The van der Waals surface area contributed by atoms with E-state index in [-0.39, 0.29) is 0 Å². The molecule has 3 nitrogen and oxygen atoms in total.